The van der Waals surface area contributed by atoms with Gasteiger partial charge in [0, 0.05) is 12.8 Å². The molecule has 0 bridgehead atoms. The number of rotatable bonds is 16. The maximum Gasteiger partial charge on any atom is 0.343 e. The van der Waals surface area contributed by atoms with Gasteiger partial charge in [0.05, 0.1) is 37.8 Å². The number of hydrogen-bond donors (Lipinski definition) is 2. The lowest BCUT2D eigenvalue weighted by Gasteiger charge is -2.10. The molecule has 0 spiro atoms. The SMILES string of the molecule is COc1cc(C=NNC(=O)CCCCCC(=O)NN=Cc2ccc(OC(=O)c3ccc(C)cc3)c(OC)c2)ccc1OC(=O)c1ccc(C)cc1. The molecule has 0 saturated carbocycles. The molecule has 2 N–H and O–H groups in total. The van der Waals surface area contributed by atoms with Crippen LogP contribution in [0.1, 0.15) is 75.1 Å². The van der Waals surface area contributed by atoms with Gasteiger partial charge in [-0.25, -0.2) is 20.4 Å². The first-order valence-corrected chi connectivity index (χ1v) is 16.2. The molecule has 51 heavy (non-hydrogen) atoms. The number of nitrogens with one attached hydrogen (secondary N) is 2. The van der Waals surface area contributed by atoms with E-state index in [1.54, 1.807) is 60.7 Å². The molecule has 0 heterocycles. The van der Waals surface area contributed by atoms with E-state index in [-0.39, 0.29) is 36.2 Å². The molecular weight excluding hydrogens is 652 g/mol. The summed E-state index contributed by atoms with van der Waals surface area (Å²) in [5, 5.41) is 7.99. The van der Waals surface area contributed by atoms with Gasteiger partial charge in [0.2, 0.25) is 11.8 Å². The Bertz CT molecular complexity index is 1750. The van der Waals surface area contributed by atoms with Crippen molar-refractivity contribution >= 4 is 36.2 Å². The van der Waals surface area contributed by atoms with E-state index < -0.39 is 11.9 Å². The Labute approximate surface area is 296 Å². The molecule has 2 amide bonds. The fourth-order valence-corrected chi connectivity index (χ4v) is 4.61. The second kappa shape index (κ2) is 19.0. The number of nitrogens with zero attached hydrogens (tertiary/aromatic N) is 2. The number of esters is 2. The molecular formula is C39H40N4O8. The molecule has 0 saturated heterocycles. The van der Waals surface area contributed by atoms with Crippen LogP contribution >= 0.6 is 0 Å². The van der Waals surface area contributed by atoms with E-state index in [2.05, 4.69) is 21.1 Å². The van der Waals surface area contributed by atoms with Gasteiger partial charge in [0.25, 0.3) is 0 Å². The van der Waals surface area contributed by atoms with Crippen molar-refractivity contribution in [2.75, 3.05) is 14.2 Å². The molecule has 12 heteroatoms. The van der Waals surface area contributed by atoms with Crippen molar-refractivity contribution in [1.82, 2.24) is 10.9 Å². The van der Waals surface area contributed by atoms with Crippen molar-refractivity contribution in [2.45, 2.75) is 46.0 Å². The zero-order chi connectivity index (χ0) is 36.6. The van der Waals surface area contributed by atoms with Gasteiger partial charge in [-0.3, -0.25) is 9.59 Å². The summed E-state index contributed by atoms with van der Waals surface area (Å²) >= 11 is 0. The standard InChI is InChI=1S/C39H40N4O8/c1-26-10-16-30(17-11-26)38(46)50-32-20-14-28(22-34(32)48-3)24-40-42-36(44)8-6-5-7-9-37(45)43-41-25-29-15-21-33(35(23-29)49-4)51-39(47)31-18-12-27(2)13-19-31/h10-25H,5-9H2,1-4H3,(H,42,44)(H,43,45). The van der Waals surface area contributed by atoms with Gasteiger partial charge in [-0.2, -0.15) is 10.2 Å². The van der Waals surface area contributed by atoms with Gasteiger partial charge in [-0.05, 0) is 98.5 Å². The van der Waals surface area contributed by atoms with Crippen LogP contribution < -0.4 is 29.8 Å². The number of methoxy groups -OCH3 is 2. The van der Waals surface area contributed by atoms with Gasteiger partial charge >= 0.3 is 11.9 Å². The summed E-state index contributed by atoms with van der Waals surface area (Å²) in [6.07, 6.45) is 5.22. The topological polar surface area (TPSA) is 154 Å². The average molecular weight is 693 g/mol. The maximum atomic E-state index is 12.5. The summed E-state index contributed by atoms with van der Waals surface area (Å²) in [7, 11) is 2.93. The monoisotopic (exact) mass is 692 g/mol. The zero-order valence-electron chi connectivity index (χ0n) is 28.9. The first-order chi connectivity index (χ1) is 24.6. The third-order valence-electron chi connectivity index (χ3n) is 7.47. The lowest BCUT2D eigenvalue weighted by molar-refractivity contribution is -0.121. The summed E-state index contributed by atoms with van der Waals surface area (Å²) in [6, 6.07) is 23.9. The van der Waals surface area contributed by atoms with Crippen molar-refractivity contribution < 1.29 is 38.1 Å². The molecule has 0 aromatic heterocycles. The lowest BCUT2D eigenvalue weighted by atomic mass is 10.1. The Hall–Kier alpha value is -6.30. The van der Waals surface area contributed by atoms with E-state index in [1.165, 1.54) is 26.6 Å². The highest BCUT2D eigenvalue weighted by Crippen LogP contribution is 2.29. The van der Waals surface area contributed by atoms with Crippen LogP contribution in [0.15, 0.2) is 95.1 Å². The molecule has 4 rings (SSSR count). The molecule has 0 radical (unpaired) electrons. The van der Waals surface area contributed by atoms with Crippen LogP contribution in [0.4, 0.5) is 0 Å². The van der Waals surface area contributed by atoms with E-state index in [9.17, 15) is 19.2 Å². The fraction of sp³-hybridized carbons (Fsp3) is 0.231. The molecule has 0 aliphatic heterocycles. The van der Waals surface area contributed by atoms with Crippen LogP contribution in [0.3, 0.4) is 0 Å². The number of carbonyl (C=O) groups is 4. The summed E-state index contributed by atoms with van der Waals surface area (Å²) < 4.78 is 21.7. The number of aryl methyl sites for hydroxylation is 2. The molecule has 0 aliphatic rings. The van der Waals surface area contributed by atoms with Crippen LogP contribution in [-0.2, 0) is 9.59 Å². The van der Waals surface area contributed by atoms with Crippen LogP contribution in [0.25, 0.3) is 0 Å². The van der Waals surface area contributed by atoms with Crippen LogP contribution in [0, 0.1) is 13.8 Å². The van der Waals surface area contributed by atoms with Crippen molar-refractivity contribution in [3.05, 3.63) is 118 Å². The zero-order valence-corrected chi connectivity index (χ0v) is 28.9. The number of hydrazone groups is 2. The quantitative estimate of drug-likeness (QED) is 0.0456. The second-order valence-corrected chi connectivity index (χ2v) is 11.5. The van der Waals surface area contributed by atoms with Gasteiger partial charge in [-0.1, -0.05) is 41.8 Å². The molecule has 4 aromatic rings. The fourth-order valence-electron chi connectivity index (χ4n) is 4.61. The van der Waals surface area contributed by atoms with Crippen molar-refractivity contribution in [2.24, 2.45) is 10.2 Å². The van der Waals surface area contributed by atoms with E-state index in [0.29, 0.717) is 53.0 Å². The van der Waals surface area contributed by atoms with E-state index in [0.717, 1.165) is 11.1 Å². The number of hydrogen-bond acceptors (Lipinski definition) is 10. The van der Waals surface area contributed by atoms with E-state index in [4.69, 9.17) is 18.9 Å². The average Bonchev–Trinajstić information content (AvgIpc) is 3.13. The second-order valence-electron chi connectivity index (χ2n) is 11.5. The van der Waals surface area contributed by atoms with E-state index >= 15 is 0 Å². The highest BCUT2D eigenvalue weighted by molar-refractivity contribution is 5.92. The summed E-state index contributed by atoms with van der Waals surface area (Å²) in [4.78, 5) is 49.4. The molecule has 0 fully saturated rings. The summed E-state index contributed by atoms with van der Waals surface area (Å²) in [6.45, 7) is 3.87. The molecule has 12 nitrogen and oxygen atoms in total. The number of ether oxygens (including phenoxy) is 4. The first-order valence-electron chi connectivity index (χ1n) is 16.2. The Morgan fingerprint density at radius 1 is 0.549 bits per heavy atom. The van der Waals surface area contributed by atoms with Crippen molar-refractivity contribution in [3.63, 3.8) is 0 Å². The molecule has 264 valence electrons. The highest BCUT2D eigenvalue weighted by atomic mass is 16.6. The Balaban J connectivity index is 1.12. The highest BCUT2D eigenvalue weighted by Gasteiger charge is 2.14. The molecule has 4 aromatic carbocycles. The third-order valence-corrected chi connectivity index (χ3v) is 7.47. The van der Waals surface area contributed by atoms with Gasteiger partial charge in [0.1, 0.15) is 0 Å². The third kappa shape index (κ3) is 12.0. The minimum atomic E-state index is -0.503. The van der Waals surface area contributed by atoms with Gasteiger partial charge in [0.15, 0.2) is 23.0 Å². The van der Waals surface area contributed by atoms with Gasteiger partial charge in [-0.15, -0.1) is 0 Å². The van der Waals surface area contributed by atoms with Crippen molar-refractivity contribution in [1.29, 1.82) is 0 Å². The Morgan fingerprint density at radius 2 is 0.941 bits per heavy atom. The first kappa shape index (κ1) is 37.5. The summed E-state index contributed by atoms with van der Waals surface area (Å²) in [5.41, 5.74) is 9.15. The van der Waals surface area contributed by atoms with Crippen LogP contribution in [0.2, 0.25) is 0 Å². The smallest absolute Gasteiger partial charge is 0.343 e. The predicted molar refractivity (Wildman–Crippen MR) is 193 cm³/mol. The predicted octanol–water partition coefficient (Wildman–Crippen LogP) is 6.31. The van der Waals surface area contributed by atoms with Crippen molar-refractivity contribution in [3.8, 4) is 23.0 Å². The Morgan fingerprint density at radius 3 is 1.31 bits per heavy atom. The Kier molecular flexibility index (Phi) is 14.0. The minimum absolute atomic E-state index is 0.243. The maximum absolute atomic E-state index is 12.5. The largest absolute Gasteiger partial charge is 0.493 e. The lowest BCUT2D eigenvalue weighted by Crippen LogP contribution is -2.18. The summed E-state index contributed by atoms with van der Waals surface area (Å²) in [5.74, 6) is -0.327. The number of benzene rings is 4. The number of amides is 2. The normalized spacial score (nSPS) is 10.9. The molecule has 0 atom stereocenters. The number of unbranched alkanes of at least 4 members (excludes halogenated alkanes) is 2. The number of carbonyl (C=O) groups excluding carboxylic acids is 4. The molecule has 0 aliphatic carbocycles. The van der Waals surface area contributed by atoms with Crippen LogP contribution in [0.5, 0.6) is 23.0 Å². The molecule has 0 unspecified atom stereocenters. The van der Waals surface area contributed by atoms with E-state index in [1.807, 2.05) is 38.1 Å². The van der Waals surface area contributed by atoms with Gasteiger partial charge < -0.3 is 18.9 Å². The van der Waals surface area contributed by atoms with Crippen LogP contribution in [-0.4, -0.2) is 50.4 Å². The minimum Gasteiger partial charge on any atom is -0.493 e.